The molecule has 2 aromatic heterocycles. The topological polar surface area (TPSA) is 75.9 Å². The third-order valence-electron chi connectivity index (χ3n) is 4.50. The molecule has 3 rings (SSSR count). The second kappa shape index (κ2) is 6.59. The number of hydrogen-bond acceptors (Lipinski definition) is 5. The van der Waals surface area contributed by atoms with Crippen LogP contribution in [0.15, 0.2) is 30.9 Å². The van der Waals surface area contributed by atoms with Crippen LogP contribution in [0.3, 0.4) is 0 Å². The van der Waals surface area contributed by atoms with Crippen LogP contribution >= 0.6 is 0 Å². The first-order valence-electron chi connectivity index (χ1n) is 8.31. The molecule has 0 unspecified atom stereocenters. The number of amides is 1. The van der Waals surface area contributed by atoms with Gasteiger partial charge in [0.05, 0.1) is 0 Å². The highest BCUT2D eigenvalue weighted by molar-refractivity contribution is 5.83. The maximum absolute atomic E-state index is 12.7. The third kappa shape index (κ3) is 3.39. The summed E-state index contributed by atoms with van der Waals surface area (Å²) in [5.41, 5.74) is 0.242. The minimum absolute atomic E-state index is 0.0444. The van der Waals surface area contributed by atoms with Crippen LogP contribution in [-0.4, -0.2) is 44.8 Å². The second-order valence-corrected chi connectivity index (χ2v) is 6.79. The minimum atomic E-state index is -0.764. The summed E-state index contributed by atoms with van der Waals surface area (Å²) in [5.74, 6) is 0.932. The van der Waals surface area contributed by atoms with Gasteiger partial charge in [0.25, 0.3) is 0 Å². The van der Waals surface area contributed by atoms with E-state index in [4.69, 9.17) is 0 Å². The number of nitrogens with one attached hydrogen (secondary N) is 1. The SMILES string of the molecule is Cc1cccc(N2CCC[C@H](NC(=O)C(C)(C)n3cncn3)C2)n1. The van der Waals surface area contributed by atoms with Gasteiger partial charge in [-0.25, -0.2) is 14.6 Å². The van der Waals surface area contributed by atoms with E-state index >= 15 is 0 Å². The molecule has 2 aromatic rings. The van der Waals surface area contributed by atoms with Gasteiger partial charge in [0.1, 0.15) is 24.0 Å². The number of carbonyl (C=O) groups excluding carboxylic acids is 1. The molecule has 1 atom stereocenters. The first kappa shape index (κ1) is 16.4. The van der Waals surface area contributed by atoms with Crippen molar-refractivity contribution in [3.8, 4) is 0 Å². The highest BCUT2D eigenvalue weighted by Gasteiger charge is 2.33. The number of piperidine rings is 1. The molecule has 24 heavy (non-hydrogen) atoms. The van der Waals surface area contributed by atoms with Gasteiger partial charge in [-0.15, -0.1) is 0 Å². The van der Waals surface area contributed by atoms with Gasteiger partial charge in [-0.2, -0.15) is 5.10 Å². The van der Waals surface area contributed by atoms with Gasteiger partial charge in [0.2, 0.25) is 5.91 Å². The number of rotatable bonds is 4. The Morgan fingerprint density at radius 2 is 2.21 bits per heavy atom. The molecular formula is C17H24N6O. The van der Waals surface area contributed by atoms with E-state index in [-0.39, 0.29) is 11.9 Å². The smallest absolute Gasteiger partial charge is 0.247 e. The number of carbonyl (C=O) groups is 1. The standard InChI is InChI=1S/C17H24N6O/c1-13-6-4-8-15(20-13)22-9-5-7-14(10-22)21-16(24)17(2,3)23-12-18-11-19-23/h4,6,8,11-12,14H,5,7,9-10H2,1-3H3,(H,21,24)/t14-/m0/s1. The zero-order valence-electron chi connectivity index (χ0n) is 14.4. The summed E-state index contributed by atoms with van der Waals surface area (Å²) in [6.45, 7) is 7.43. The Balaban J connectivity index is 1.66. The number of anilines is 1. The van der Waals surface area contributed by atoms with Crippen LogP contribution < -0.4 is 10.2 Å². The summed E-state index contributed by atoms with van der Waals surface area (Å²) in [5, 5.41) is 7.26. The van der Waals surface area contributed by atoms with E-state index in [1.807, 2.05) is 39.0 Å². The number of pyridine rings is 1. The molecule has 7 nitrogen and oxygen atoms in total. The number of aryl methyl sites for hydroxylation is 1. The average molecular weight is 328 g/mol. The highest BCUT2D eigenvalue weighted by atomic mass is 16.2. The first-order chi connectivity index (χ1) is 11.5. The summed E-state index contributed by atoms with van der Waals surface area (Å²) < 4.78 is 1.59. The molecule has 3 heterocycles. The molecule has 1 N–H and O–H groups in total. The van der Waals surface area contributed by atoms with Gasteiger partial charge in [0.15, 0.2) is 0 Å². The molecule has 1 aliphatic heterocycles. The van der Waals surface area contributed by atoms with Crippen LogP contribution in [0.4, 0.5) is 5.82 Å². The van der Waals surface area contributed by atoms with Gasteiger partial charge >= 0.3 is 0 Å². The van der Waals surface area contributed by atoms with Gasteiger partial charge in [0, 0.05) is 24.8 Å². The van der Waals surface area contributed by atoms with Gasteiger partial charge in [-0.3, -0.25) is 4.79 Å². The lowest BCUT2D eigenvalue weighted by Crippen LogP contribution is -2.53. The van der Waals surface area contributed by atoms with E-state index in [0.29, 0.717) is 0 Å². The van der Waals surface area contributed by atoms with Crippen molar-refractivity contribution in [3.05, 3.63) is 36.5 Å². The second-order valence-electron chi connectivity index (χ2n) is 6.79. The zero-order valence-corrected chi connectivity index (χ0v) is 14.4. The number of hydrogen-bond donors (Lipinski definition) is 1. The molecule has 0 saturated carbocycles. The van der Waals surface area contributed by atoms with Crippen molar-refractivity contribution in [2.45, 2.75) is 45.2 Å². The summed E-state index contributed by atoms with van der Waals surface area (Å²) in [4.78, 5) is 23.5. The molecule has 1 amide bonds. The van der Waals surface area contributed by atoms with Crippen molar-refractivity contribution in [2.75, 3.05) is 18.0 Å². The van der Waals surface area contributed by atoms with Crippen molar-refractivity contribution < 1.29 is 4.79 Å². The average Bonchev–Trinajstić information content (AvgIpc) is 3.10. The Bertz CT molecular complexity index is 697. The predicted molar refractivity (Wildman–Crippen MR) is 91.7 cm³/mol. The van der Waals surface area contributed by atoms with Crippen LogP contribution in [0.2, 0.25) is 0 Å². The zero-order chi connectivity index (χ0) is 17.2. The van der Waals surface area contributed by atoms with Gasteiger partial charge < -0.3 is 10.2 Å². The normalized spacial score (nSPS) is 18.5. The van der Waals surface area contributed by atoms with E-state index in [9.17, 15) is 4.79 Å². The summed E-state index contributed by atoms with van der Waals surface area (Å²) >= 11 is 0. The first-order valence-corrected chi connectivity index (χ1v) is 8.31. The Hall–Kier alpha value is -2.44. The van der Waals surface area contributed by atoms with E-state index in [1.165, 1.54) is 6.33 Å². The molecule has 1 fully saturated rings. The summed E-state index contributed by atoms with van der Waals surface area (Å²) in [6.07, 6.45) is 5.02. The molecule has 0 radical (unpaired) electrons. The Morgan fingerprint density at radius 1 is 1.38 bits per heavy atom. The molecule has 1 saturated heterocycles. The molecule has 1 aliphatic rings. The molecule has 0 aliphatic carbocycles. The van der Waals surface area contributed by atoms with E-state index in [0.717, 1.165) is 37.4 Å². The van der Waals surface area contributed by atoms with Gasteiger partial charge in [-0.1, -0.05) is 6.07 Å². The fourth-order valence-corrected chi connectivity index (χ4v) is 2.97. The maximum atomic E-state index is 12.7. The number of nitrogens with zero attached hydrogens (tertiary/aromatic N) is 5. The van der Waals surface area contributed by atoms with Crippen molar-refractivity contribution in [3.63, 3.8) is 0 Å². The van der Waals surface area contributed by atoms with Crippen molar-refractivity contribution in [1.82, 2.24) is 25.1 Å². The Kier molecular flexibility index (Phi) is 4.51. The van der Waals surface area contributed by atoms with Crippen LogP contribution in [-0.2, 0) is 10.3 Å². The quantitative estimate of drug-likeness (QED) is 0.920. The van der Waals surface area contributed by atoms with Crippen molar-refractivity contribution in [2.24, 2.45) is 0 Å². The van der Waals surface area contributed by atoms with Crippen molar-refractivity contribution >= 4 is 11.7 Å². The maximum Gasteiger partial charge on any atom is 0.247 e. The summed E-state index contributed by atoms with van der Waals surface area (Å²) in [7, 11) is 0. The monoisotopic (exact) mass is 328 g/mol. The Morgan fingerprint density at radius 3 is 2.92 bits per heavy atom. The molecule has 0 aromatic carbocycles. The third-order valence-corrected chi connectivity index (χ3v) is 4.50. The molecular weight excluding hydrogens is 304 g/mol. The molecule has 128 valence electrons. The van der Waals surface area contributed by atoms with Gasteiger partial charge in [-0.05, 0) is 45.7 Å². The summed E-state index contributed by atoms with van der Waals surface area (Å²) in [6, 6.07) is 6.15. The lowest BCUT2D eigenvalue weighted by Gasteiger charge is -2.35. The van der Waals surface area contributed by atoms with Crippen LogP contribution in [0.25, 0.3) is 0 Å². The van der Waals surface area contributed by atoms with E-state index in [1.54, 1.807) is 11.0 Å². The lowest BCUT2D eigenvalue weighted by molar-refractivity contribution is -0.129. The van der Waals surface area contributed by atoms with Crippen LogP contribution in [0.1, 0.15) is 32.4 Å². The molecule has 0 spiro atoms. The highest BCUT2D eigenvalue weighted by Crippen LogP contribution is 2.20. The largest absolute Gasteiger partial charge is 0.355 e. The van der Waals surface area contributed by atoms with Crippen LogP contribution in [0, 0.1) is 6.92 Å². The fraction of sp³-hybridized carbons (Fsp3) is 0.529. The van der Waals surface area contributed by atoms with E-state index < -0.39 is 5.54 Å². The Labute approximate surface area is 142 Å². The lowest BCUT2D eigenvalue weighted by atomic mass is 10.0. The molecule has 0 bridgehead atoms. The predicted octanol–water partition coefficient (Wildman–Crippen LogP) is 1.50. The van der Waals surface area contributed by atoms with Crippen molar-refractivity contribution in [1.29, 1.82) is 0 Å². The fourth-order valence-electron chi connectivity index (χ4n) is 2.97. The van der Waals surface area contributed by atoms with E-state index in [2.05, 4.69) is 25.3 Å². The molecule has 7 heteroatoms. The number of aromatic nitrogens is 4. The minimum Gasteiger partial charge on any atom is -0.355 e. The van der Waals surface area contributed by atoms with Crippen LogP contribution in [0.5, 0.6) is 0 Å².